The van der Waals surface area contributed by atoms with Crippen LogP contribution >= 0.6 is 11.8 Å². The van der Waals surface area contributed by atoms with E-state index < -0.39 is 12.0 Å². The van der Waals surface area contributed by atoms with Crippen molar-refractivity contribution in [2.24, 2.45) is 5.18 Å². The zero-order chi connectivity index (χ0) is 11.5. The number of hydrogen-bond donors (Lipinski definition) is 2. The molecule has 0 aliphatic carbocycles. The lowest BCUT2D eigenvalue weighted by molar-refractivity contribution is -0.138. The van der Waals surface area contributed by atoms with Crippen LogP contribution in [0.15, 0.2) is 29.4 Å². The molecule has 16 heavy (non-hydrogen) atoms. The number of carbonyl (C=O) groups is 1. The first-order valence-corrected chi connectivity index (χ1v) is 5.79. The lowest BCUT2D eigenvalue weighted by Gasteiger charge is -2.11. The van der Waals surface area contributed by atoms with E-state index in [0.29, 0.717) is 11.4 Å². The van der Waals surface area contributed by atoms with Crippen LogP contribution in [0.2, 0.25) is 0 Å². The van der Waals surface area contributed by atoms with Crippen LogP contribution in [-0.4, -0.2) is 22.9 Å². The highest BCUT2D eigenvalue weighted by Crippen LogP contribution is 2.34. The maximum Gasteiger partial charge on any atom is 0.321 e. The van der Waals surface area contributed by atoms with Crippen LogP contribution in [-0.2, 0) is 4.79 Å². The van der Waals surface area contributed by atoms with Gasteiger partial charge >= 0.3 is 5.97 Å². The Morgan fingerprint density at radius 2 is 2.38 bits per heavy atom. The Bertz CT molecular complexity index is 424. The average Bonchev–Trinajstić information content (AvgIpc) is 2.78. The van der Waals surface area contributed by atoms with Crippen LogP contribution in [0.25, 0.3) is 0 Å². The molecule has 0 radical (unpaired) electrons. The Kier molecular flexibility index (Phi) is 3.21. The first-order valence-electron chi connectivity index (χ1n) is 4.74. The molecule has 0 aromatic heterocycles. The second-order valence-electron chi connectivity index (χ2n) is 3.46. The van der Waals surface area contributed by atoms with Gasteiger partial charge in [-0.2, -0.15) is 0 Å². The fourth-order valence-corrected chi connectivity index (χ4v) is 2.77. The molecule has 1 aromatic carbocycles. The van der Waals surface area contributed by atoms with Crippen LogP contribution in [0.4, 0.5) is 5.69 Å². The monoisotopic (exact) mass is 238 g/mol. The summed E-state index contributed by atoms with van der Waals surface area (Å²) in [5.74, 6) is -0.321. The Morgan fingerprint density at radius 1 is 1.56 bits per heavy atom. The van der Waals surface area contributed by atoms with Crippen molar-refractivity contribution in [1.29, 1.82) is 0 Å². The number of hydrogen-bond acceptors (Lipinski definition) is 5. The van der Waals surface area contributed by atoms with Gasteiger partial charge in [0.05, 0.1) is 5.37 Å². The molecule has 2 unspecified atom stereocenters. The predicted octanol–water partition coefficient (Wildman–Crippen LogP) is 1.87. The number of nitroso groups, excluding NO2 is 1. The first kappa shape index (κ1) is 11.1. The van der Waals surface area contributed by atoms with E-state index in [1.165, 1.54) is 11.8 Å². The number of benzene rings is 1. The second-order valence-corrected chi connectivity index (χ2v) is 4.60. The van der Waals surface area contributed by atoms with Crippen molar-refractivity contribution in [3.63, 3.8) is 0 Å². The molecule has 0 spiro atoms. The van der Waals surface area contributed by atoms with Crippen molar-refractivity contribution in [3.05, 3.63) is 34.7 Å². The highest BCUT2D eigenvalue weighted by Gasteiger charge is 2.30. The van der Waals surface area contributed by atoms with Gasteiger partial charge in [-0.15, -0.1) is 16.7 Å². The quantitative estimate of drug-likeness (QED) is 0.786. The summed E-state index contributed by atoms with van der Waals surface area (Å²) in [6, 6.07) is 6.35. The van der Waals surface area contributed by atoms with Crippen molar-refractivity contribution in [3.8, 4) is 0 Å². The van der Waals surface area contributed by atoms with Crippen molar-refractivity contribution in [2.75, 3.05) is 5.75 Å². The van der Waals surface area contributed by atoms with Crippen LogP contribution < -0.4 is 5.32 Å². The van der Waals surface area contributed by atoms with Gasteiger partial charge < -0.3 is 5.11 Å². The Balaban J connectivity index is 2.13. The highest BCUT2D eigenvalue weighted by molar-refractivity contribution is 7.99. The number of thioether (sulfide) groups is 1. The molecule has 1 aromatic rings. The van der Waals surface area contributed by atoms with E-state index in [0.717, 1.165) is 5.56 Å². The van der Waals surface area contributed by atoms with Gasteiger partial charge in [0.2, 0.25) is 0 Å². The summed E-state index contributed by atoms with van der Waals surface area (Å²) in [6.07, 6.45) is 0. The molecule has 0 bridgehead atoms. The van der Waals surface area contributed by atoms with Crippen LogP contribution in [0.5, 0.6) is 0 Å². The van der Waals surface area contributed by atoms with E-state index in [1.807, 2.05) is 6.07 Å². The van der Waals surface area contributed by atoms with Gasteiger partial charge in [-0.25, -0.2) is 0 Å². The molecule has 2 N–H and O–H groups in total. The minimum absolute atomic E-state index is 0.0807. The standard InChI is InChI=1S/C10H10N2O3S/c13-10(14)8-5-16-9(11-8)6-2-1-3-7(4-6)12-15/h1-4,8-9,11H,5H2,(H,13,14). The number of carboxylic acids is 1. The molecular formula is C10H10N2O3S. The lowest BCUT2D eigenvalue weighted by atomic mass is 10.2. The van der Waals surface area contributed by atoms with Gasteiger partial charge in [-0.05, 0) is 22.9 Å². The first-order chi connectivity index (χ1) is 7.70. The number of nitrogens with one attached hydrogen (secondary N) is 1. The third-order valence-electron chi connectivity index (χ3n) is 2.36. The summed E-state index contributed by atoms with van der Waals surface area (Å²) < 4.78 is 0. The van der Waals surface area contributed by atoms with Gasteiger partial charge in [-0.3, -0.25) is 10.1 Å². The van der Waals surface area contributed by atoms with E-state index >= 15 is 0 Å². The minimum atomic E-state index is -0.848. The van der Waals surface area contributed by atoms with Gasteiger partial charge in [0, 0.05) is 5.75 Å². The van der Waals surface area contributed by atoms with Gasteiger partial charge in [0.25, 0.3) is 0 Å². The smallest absolute Gasteiger partial charge is 0.321 e. The largest absolute Gasteiger partial charge is 0.480 e. The summed E-state index contributed by atoms with van der Waals surface area (Å²) in [6.45, 7) is 0. The fraction of sp³-hybridized carbons (Fsp3) is 0.300. The Labute approximate surface area is 96.2 Å². The van der Waals surface area contributed by atoms with Crippen molar-refractivity contribution in [1.82, 2.24) is 5.32 Å². The Morgan fingerprint density at radius 3 is 3.00 bits per heavy atom. The SMILES string of the molecule is O=Nc1cccc(C2NC(C(=O)O)CS2)c1. The van der Waals surface area contributed by atoms with E-state index in [1.54, 1.807) is 18.2 Å². The lowest BCUT2D eigenvalue weighted by Crippen LogP contribution is -2.33. The molecule has 1 aliphatic heterocycles. The van der Waals surface area contributed by atoms with Crippen molar-refractivity contribution in [2.45, 2.75) is 11.4 Å². The molecule has 1 heterocycles. The number of aliphatic carboxylic acids is 1. The Hall–Kier alpha value is -1.40. The molecule has 0 saturated carbocycles. The van der Waals surface area contributed by atoms with Crippen LogP contribution in [0, 0.1) is 4.91 Å². The molecule has 1 aliphatic rings. The van der Waals surface area contributed by atoms with Gasteiger partial charge in [0.1, 0.15) is 11.7 Å². The van der Waals surface area contributed by atoms with Crippen LogP contribution in [0.3, 0.4) is 0 Å². The van der Waals surface area contributed by atoms with E-state index in [9.17, 15) is 9.70 Å². The van der Waals surface area contributed by atoms with E-state index in [2.05, 4.69) is 10.5 Å². The summed E-state index contributed by atoms with van der Waals surface area (Å²) in [4.78, 5) is 21.1. The third-order valence-corrected chi connectivity index (χ3v) is 3.63. The number of carboxylic acid groups (broad SMARTS) is 1. The summed E-state index contributed by atoms with van der Waals surface area (Å²) in [5, 5.41) is 14.6. The zero-order valence-corrected chi connectivity index (χ0v) is 9.11. The number of nitrogens with zero attached hydrogens (tertiary/aromatic N) is 1. The maximum absolute atomic E-state index is 10.8. The highest BCUT2D eigenvalue weighted by atomic mass is 32.2. The average molecular weight is 238 g/mol. The van der Waals surface area contributed by atoms with Crippen molar-refractivity contribution < 1.29 is 9.90 Å². The van der Waals surface area contributed by atoms with Crippen LogP contribution in [0.1, 0.15) is 10.9 Å². The van der Waals surface area contributed by atoms with E-state index in [4.69, 9.17) is 5.11 Å². The zero-order valence-electron chi connectivity index (χ0n) is 8.29. The minimum Gasteiger partial charge on any atom is -0.480 e. The predicted molar refractivity (Wildman–Crippen MR) is 61.7 cm³/mol. The number of rotatable bonds is 3. The molecule has 2 atom stereocenters. The topological polar surface area (TPSA) is 78.8 Å². The van der Waals surface area contributed by atoms with Gasteiger partial charge in [0.15, 0.2) is 0 Å². The normalized spacial score (nSPS) is 24.2. The van der Waals surface area contributed by atoms with Gasteiger partial charge in [-0.1, -0.05) is 12.1 Å². The summed E-state index contributed by atoms with van der Waals surface area (Å²) in [7, 11) is 0. The molecule has 0 amide bonds. The molecule has 5 nitrogen and oxygen atoms in total. The molecule has 1 fully saturated rings. The molecule has 6 heteroatoms. The maximum atomic E-state index is 10.8. The molecular weight excluding hydrogens is 228 g/mol. The second kappa shape index (κ2) is 4.63. The molecule has 2 rings (SSSR count). The third kappa shape index (κ3) is 2.23. The molecule has 84 valence electrons. The summed E-state index contributed by atoms with van der Waals surface area (Å²) >= 11 is 1.52. The van der Waals surface area contributed by atoms with E-state index in [-0.39, 0.29) is 5.37 Å². The summed E-state index contributed by atoms with van der Waals surface area (Å²) in [5.41, 5.74) is 1.24. The molecule has 1 saturated heterocycles. The fourth-order valence-electron chi connectivity index (χ4n) is 1.55. The van der Waals surface area contributed by atoms with Crippen molar-refractivity contribution >= 4 is 23.4 Å².